The molecule has 0 aliphatic heterocycles. The Kier molecular flexibility index (Phi) is 17.4. The zero-order valence-electron chi connectivity index (χ0n) is 40.5. The van der Waals surface area contributed by atoms with Crippen molar-refractivity contribution in [2.24, 2.45) is 0 Å². The number of carboxylic acid groups (broad SMARTS) is 2. The lowest BCUT2D eigenvalue weighted by atomic mass is 9.91. The molecule has 22 heteroatoms. The van der Waals surface area contributed by atoms with Crippen LogP contribution in [0, 0.1) is 0 Å². The van der Waals surface area contributed by atoms with Gasteiger partial charge in [-0.05, 0) is 109 Å². The van der Waals surface area contributed by atoms with Gasteiger partial charge in [-0.1, -0.05) is 59.6 Å². The van der Waals surface area contributed by atoms with Crippen LogP contribution in [-0.4, -0.2) is 84.5 Å². The smallest absolute Gasteiger partial charge is 0.303 e. The molecule has 2 aromatic carbocycles. The first-order chi connectivity index (χ1) is 35.4. The molecule has 0 saturated heterocycles. The molecule has 8 rings (SSSR count). The molecule has 0 radical (unpaired) electrons. The first kappa shape index (κ1) is 53.9. The number of hydrogen-bond donors (Lipinski definition) is 4. The molecule has 2 atom stereocenters. The number of carboxylic acids is 2. The number of aromatic nitrogens is 4. The SMILES string of the molecule is CS(=O)(=O)c1cncc(COc2nc(O[C@H]3CCc4c(-c5cccc6c5CC[C@@H]6Oc5nc(OCc6cncc(S(C)(=O)=O)c6)c(CNCCCC(=O)O)cc5Cl)cccc43)c(Cl)cc2CNCCCC(=O)O)c1. The topological polar surface area (TPSA) is 255 Å². The number of nitrogens with one attached hydrogen (secondary N) is 2. The van der Waals surface area contributed by atoms with Crippen LogP contribution in [0.3, 0.4) is 0 Å². The Morgan fingerprint density at radius 1 is 0.622 bits per heavy atom. The van der Waals surface area contributed by atoms with Crippen LogP contribution in [0.25, 0.3) is 11.1 Å². The van der Waals surface area contributed by atoms with Gasteiger partial charge in [-0.15, -0.1) is 0 Å². The summed E-state index contributed by atoms with van der Waals surface area (Å²) in [5.41, 5.74) is 8.54. The van der Waals surface area contributed by atoms with Crippen molar-refractivity contribution in [1.29, 1.82) is 0 Å². The fraction of sp³-hybridized carbons (Fsp3) is 0.346. The lowest BCUT2D eigenvalue weighted by Crippen LogP contribution is -2.17. The molecule has 74 heavy (non-hydrogen) atoms. The van der Waals surface area contributed by atoms with E-state index < -0.39 is 43.8 Å². The van der Waals surface area contributed by atoms with Crippen LogP contribution in [0.4, 0.5) is 0 Å². The predicted molar refractivity (Wildman–Crippen MR) is 274 cm³/mol. The molecular weight excluding hydrogens is 1040 g/mol. The molecule has 6 aromatic rings. The zero-order chi connectivity index (χ0) is 52.6. The maximum atomic E-state index is 12.2. The minimum absolute atomic E-state index is 0.00807. The second-order valence-electron chi connectivity index (χ2n) is 18.0. The van der Waals surface area contributed by atoms with Crippen LogP contribution >= 0.6 is 23.2 Å². The summed E-state index contributed by atoms with van der Waals surface area (Å²) in [6, 6.07) is 18.7. The Morgan fingerprint density at radius 2 is 1.04 bits per heavy atom. The number of rotatable bonds is 25. The van der Waals surface area contributed by atoms with Crippen molar-refractivity contribution >= 4 is 54.8 Å². The largest absolute Gasteiger partial charge is 0.481 e. The average Bonchev–Trinajstić information content (AvgIpc) is 3.97. The van der Waals surface area contributed by atoms with E-state index in [1.54, 1.807) is 12.1 Å². The Morgan fingerprint density at radius 3 is 1.43 bits per heavy atom. The highest BCUT2D eigenvalue weighted by Crippen LogP contribution is 2.46. The van der Waals surface area contributed by atoms with E-state index in [0.29, 0.717) is 73.9 Å². The lowest BCUT2D eigenvalue weighted by molar-refractivity contribution is -0.138. The number of fused-ring (bicyclic) bond motifs is 2. The van der Waals surface area contributed by atoms with E-state index in [1.165, 1.54) is 36.9 Å². The van der Waals surface area contributed by atoms with Gasteiger partial charge in [0.25, 0.3) is 0 Å². The highest BCUT2D eigenvalue weighted by Gasteiger charge is 2.32. The van der Waals surface area contributed by atoms with Crippen LogP contribution in [0.15, 0.2) is 95.2 Å². The standard InChI is InChI=1S/C52H54Cl2N6O12S2/c1-73(65,66)35-19-31(23-57-27-35)29-69-49-33(25-55-17-5-11-47(61)62)21-43(53)51(59-49)71-45-15-13-39-37(7-3-9-41(39)45)38-8-4-10-42-40(38)14-16-46(42)72-52-44(54)22-34(26-56-18-6-12-48(63)64)50(60-52)70-30-32-20-36(28-58-24-32)74(2,67)68/h3-4,7-10,19-24,27-28,45-46,55-56H,5-6,11-18,25-26,29-30H2,1-2H3,(H,61,62)(H,63,64)/t45-,46-/m0/s1. The van der Waals surface area contributed by atoms with E-state index in [0.717, 1.165) is 45.9 Å². The summed E-state index contributed by atoms with van der Waals surface area (Å²) >= 11 is 13.7. The monoisotopic (exact) mass is 1090 g/mol. The molecule has 0 unspecified atom stereocenters. The normalized spacial score (nSPS) is 15.1. The number of ether oxygens (including phenoxy) is 4. The first-order valence-electron chi connectivity index (χ1n) is 23.8. The van der Waals surface area contributed by atoms with E-state index in [1.807, 2.05) is 24.3 Å². The molecule has 0 spiro atoms. The third-order valence-electron chi connectivity index (χ3n) is 12.5. The molecule has 4 aromatic heterocycles. The highest BCUT2D eigenvalue weighted by molar-refractivity contribution is 7.91. The van der Waals surface area contributed by atoms with E-state index in [2.05, 4.69) is 32.7 Å². The molecule has 2 aliphatic rings. The second kappa shape index (κ2) is 23.8. The maximum Gasteiger partial charge on any atom is 0.303 e. The van der Waals surface area contributed by atoms with Gasteiger partial charge in [0, 0.05) is 85.5 Å². The van der Waals surface area contributed by atoms with Crippen LogP contribution in [0.2, 0.25) is 10.0 Å². The molecule has 18 nitrogen and oxygen atoms in total. The number of aliphatic carboxylic acids is 2. The number of benzene rings is 2. The lowest BCUT2D eigenvalue weighted by Gasteiger charge is -2.19. The minimum atomic E-state index is -3.51. The number of pyridine rings is 4. The van der Waals surface area contributed by atoms with Gasteiger partial charge in [0.1, 0.15) is 35.5 Å². The van der Waals surface area contributed by atoms with Gasteiger partial charge < -0.3 is 39.8 Å². The first-order valence-corrected chi connectivity index (χ1v) is 28.3. The van der Waals surface area contributed by atoms with E-state index in [4.69, 9.17) is 62.3 Å². The number of carbonyl (C=O) groups is 2. The van der Waals surface area contributed by atoms with E-state index in [9.17, 15) is 26.4 Å². The highest BCUT2D eigenvalue weighted by atomic mass is 35.5. The van der Waals surface area contributed by atoms with E-state index >= 15 is 0 Å². The molecule has 2 aliphatic carbocycles. The van der Waals surface area contributed by atoms with Crippen molar-refractivity contribution in [1.82, 2.24) is 30.6 Å². The molecule has 0 bridgehead atoms. The molecule has 0 fully saturated rings. The second-order valence-corrected chi connectivity index (χ2v) is 22.9. The summed E-state index contributed by atoms with van der Waals surface area (Å²) in [6.45, 7) is 1.26. The molecule has 4 N–H and O–H groups in total. The van der Waals surface area contributed by atoms with Gasteiger partial charge in [0.15, 0.2) is 19.7 Å². The molecule has 0 saturated carbocycles. The molecule has 0 amide bonds. The fourth-order valence-corrected chi connectivity index (χ4v) is 10.6. The Hall–Kier alpha value is -6.42. The van der Waals surface area contributed by atoms with Crippen LogP contribution in [0.5, 0.6) is 23.5 Å². The summed E-state index contributed by atoms with van der Waals surface area (Å²) < 4.78 is 74.5. The van der Waals surface area contributed by atoms with Gasteiger partial charge in [-0.3, -0.25) is 19.6 Å². The average molecular weight is 1090 g/mol. The van der Waals surface area contributed by atoms with Crippen molar-refractivity contribution in [3.8, 4) is 34.6 Å². The van der Waals surface area contributed by atoms with Crippen LogP contribution < -0.4 is 29.6 Å². The summed E-state index contributed by atoms with van der Waals surface area (Å²) in [5.74, 6) is -1.06. The third kappa shape index (κ3) is 13.6. The predicted octanol–water partition coefficient (Wildman–Crippen LogP) is 8.25. The Labute approximate surface area is 438 Å². The van der Waals surface area contributed by atoms with Gasteiger partial charge in [-0.25, -0.2) is 16.8 Å². The minimum Gasteiger partial charge on any atom is -0.481 e. The summed E-state index contributed by atoms with van der Waals surface area (Å²) in [4.78, 5) is 39.9. The summed E-state index contributed by atoms with van der Waals surface area (Å²) in [7, 11) is -7.03. The molecular formula is C52H54Cl2N6O12S2. The van der Waals surface area contributed by atoms with Gasteiger partial charge in [-0.2, -0.15) is 9.97 Å². The zero-order valence-corrected chi connectivity index (χ0v) is 43.6. The number of hydrogen-bond acceptors (Lipinski definition) is 16. The van der Waals surface area contributed by atoms with Crippen molar-refractivity contribution in [3.63, 3.8) is 0 Å². The van der Waals surface area contributed by atoms with Crippen LogP contribution in [0.1, 0.15) is 95.2 Å². The summed E-state index contributed by atoms with van der Waals surface area (Å²) in [6.07, 6.45) is 10.5. The van der Waals surface area contributed by atoms with Crippen molar-refractivity contribution in [2.75, 3.05) is 25.6 Å². The van der Waals surface area contributed by atoms with Gasteiger partial charge >= 0.3 is 11.9 Å². The Bertz CT molecular complexity index is 3080. The fourth-order valence-electron chi connectivity index (χ4n) is 8.88. The van der Waals surface area contributed by atoms with Crippen molar-refractivity contribution in [3.05, 3.63) is 140 Å². The van der Waals surface area contributed by atoms with Crippen LogP contribution in [-0.2, 0) is 68.4 Å². The quantitative estimate of drug-likeness (QED) is 0.0394. The number of nitrogens with zero attached hydrogens (tertiary/aromatic N) is 4. The van der Waals surface area contributed by atoms with E-state index in [-0.39, 0.29) is 82.5 Å². The van der Waals surface area contributed by atoms with Gasteiger partial charge in [0.05, 0.1) is 9.79 Å². The van der Waals surface area contributed by atoms with Crippen molar-refractivity contribution in [2.45, 2.75) is 99.7 Å². The number of sulfone groups is 2. The Balaban J connectivity index is 1.01. The van der Waals surface area contributed by atoms with Crippen molar-refractivity contribution < 1.29 is 55.6 Å². The third-order valence-corrected chi connectivity index (χ3v) is 15.2. The number of halogens is 2. The van der Waals surface area contributed by atoms with Gasteiger partial charge in [0.2, 0.25) is 23.5 Å². The summed E-state index contributed by atoms with van der Waals surface area (Å²) in [5, 5.41) is 25.1. The molecule has 4 heterocycles. The molecule has 390 valence electrons. The maximum absolute atomic E-state index is 12.2.